The van der Waals surface area contributed by atoms with Gasteiger partial charge < -0.3 is 5.32 Å². The van der Waals surface area contributed by atoms with E-state index in [-0.39, 0.29) is 0 Å². The van der Waals surface area contributed by atoms with Crippen LogP contribution in [0.15, 0.2) is 47.4 Å². The first-order chi connectivity index (χ1) is 9.60. The zero-order valence-electron chi connectivity index (χ0n) is 12.1. The topological polar surface area (TPSA) is 12.0 Å². The molecule has 2 aromatic rings. The molecule has 0 fully saturated rings. The van der Waals surface area contributed by atoms with Crippen molar-refractivity contribution in [2.24, 2.45) is 0 Å². The van der Waals surface area contributed by atoms with Crippen molar-refractivity contribution >= 4 is 23.4 Å². The van der Waals surface area contributed by atoms with E-state index in [9.17, 15) is 0 Å². The van der Waals surface area contributed by atoms with Gasteiger partial charge in [0.15, 0.2) is 0 Å². The van der Waals surface area contributed by atoms with Crippen LogP contribution in [0.1, 0.15) is 29.7 Å². The third kappa shape index (κ3) is 4.02. The van der Waals surface area contributed by atoms with E-state index in [1.807, 2.05) is 7.05 Å². The predicted molar refractivity (Wildman–Crippen MR) is 89.7 cm³/mol. The summed E-state index contributed by atoms with van der Waals surface area (Å²) >= 11 is 8.16. The van der Waals surface area contributed by atoms with E-state index >= 15 is 0 Å². The molecule has 0 saturated carbocycles. The number of hydrogen-bond donors (Lipinski definition) is 1. The fourth-order valence-electron chi connectivity index (χ4n) is 2.03. The lowest BCUT2D eigenvalue weighted by molar-refractivity contribution is 0.652. The van der Waals surface area contributed by atoms with Crippen molar-refractivity contribution in [3.05, 3.63) is 64.2 Å². The van der Waals surface area contributed by atoms with Gasteiger partial charge >= 0.3 is 0 Å². The minimum absolute atomic E-state index is 0.323. The summed E-state index contributed by atoms with van der Waals surface area (Å²) in [7, 11) is 1.96. The van der Waals surface area contributed by atoms with Gasteiger partial charge in [0.2, 0.25) is 0 Å². The Morgan fingerprint density at radius 2 is 2.00 bits per heavy atom. The average Bonchev–Trinajstić information content (AvgIpc) is 2.45. The quantitative estimate of drug-likeness (QED) is 0.760. The second kappa shape index (κ2) is 7.16. The fourth-order valence-corrected chi connectivity index (χ4v) is 3.25. The molecular formula is C17H20ClNS. The molecule has 1 atom stereocenters. The highest BCUT2D eigenvalue weighted by molar-refractivity contribution is 7.98. The summed E-state index contributed by atoms with van der Waals surface area (Å²) < 4.78 is 0. The Hall–Kier alpha value is -0.960. The highest BCUT2D eigenvalue weighted by Crippen LogP contribution is 2.32. The fraction of sp³-hybridized carbons (Fsp3) is 0.294. The van der Waals surface area contributed by atoms with Crippen molar-refractivity contribution in [1.29, 1.82) is 0 Å². The monoisotopic (exact) mass is 305 g/mol. The molecule has 0 bridgehead atoms. The van der Waals surface area contributed by atoms with Crippen molar-refractivity contribution in [1.82, 2.24) is 5.32 Å². The van der Waals surface area contributed by atoms with Crippen molar-refractivity contribution < 1.29 is 0 Å². The molecule has 106 valence electrons. The van der Waals surface area contributed by atoms with E-state index in [1.54, 1.807) is 11.8 Å². The van der Waals surface area contributed by atoms with Crippen molar-refractivity contribution in [3.63, 3.8) is 0 Å². The Kier molecular flexibility index (Phi) is 5.53. The van der Waals surface area contributed by atoms with Gasteiger partial charge in [-0.25, -0.2) is 0 Å². The van der Waals surface area contributed by atoms with E-state index in [1.165, 1.54) is 16.7 Å². The van der Waals surface area contributed by atoms with E-state index in [2.05, 4.69) is 61.6 Å². The molecule has 2 aromatic carbocycles. The molecule has 0 spiro atoms. The number of hydrogen-bond acceptors (Lipinski definition) is 2. The second-order valence-electron chi connectivity index (χ2n) is 4.98. The lowest BCUT2D eigenvalue weighted by Crippen LogP contribution is -2.12. The minimum Gasteiger partial charge on any atom is -0.313 e. The van der Waals surface area contributed by atoms with Gasteiger partial charge in [0, 0.05) is 16.7 Å². The summed E-state index contributed by atoms with van der Waals surface area (Å²) in [6.45, 7) is 4.25. The van der Waals surface area contributed by atoms with Gasteiger partial charge in [0.1, 0.15) is 0 Å². The van der Waals surface area contributed by atoms with Crippen LogP contribution in [0, 0.1) is 6.92 Å². The molecule has 2 rings (SSSR count). The third-order valence-corrected chi connectivity index (χ3v) is 4.94. The zero-order chi connectivity index (χ0) is 14.5. The van der Waals surface area contributed by atoms with Crippen LogP contribution in [0.2, 0.25) is 5.02 Å². The van der Waals surface area contributed by atoms with Crippen molar-refractivity contribution in [3.8, 4) is 0 Å². The van der Waals surface area contributed by atoms with Gasteiger partial charge in [-0.2, -0.15) is 0 Å². The SMILES string of the molecule is CNC(C)c1ccc(SCc2cccc(C)c2)c(Cl)c1. The Balaban J connectivity index is 2.07. The molecule has 0 aromatic heterocycles. The first-order valence-corrected chi connectivity index (χ1v) is 8.11. The van der Waals surface area contributed by atoms with Crippen molar-refractivity contribution in [2.75, 3.05) is 7.05 Å². The number of benzene rings is 2. The lowest BCUT2D eigenvalue weighted by Gasteiger charge is -2.12. The van der Waals surface area contributed by atoms with E-state index < -0.39 is 0 Å². The third-order valence-electron chi connectivity index (χ3n) is 3.37. The zero-order valence-corrected chi connectivity index (χ0v) is 13.7. The maximum absolute atomic E-state index is 6.38. The molecule has 1 nitrogen and oxygen atoms in total. The molecule has 0 radical (unpaired) electrons. The highest BCUT2D eigenvalue weighted by Gasteiger charge is 2.07. The summed E-state index contributed by atoms with van der Waals surface area (Å²) in [6, 6.07) is 15.2. The van der Waals surface area contributed by atoms with Crippen LogP contribution >= 0.6 is 23.4 Å². The van der Waals surface area contributed by atoms with Crippen LogP contribution in [0.5, 0.6) is 0 Å². The normalized spacial score (nSPS) is 12.4. The first-order valence-electron chi connectivity index (χ1n) is 6.75. The summed E-state index contributed by atoms with van der Waals surface area (Å²) in [5.41, 5.74) is 3.85. The molecule has 1 N–H and O–H groups in total. The van der Waals surface area contributed by atoms with Crippen LogP contribution in [0.25, 0.3) is 0 Å². The molecule has 3 heteroatoms. The molecular weight excluding hydrogens is 286 g/mol. The van der Waals surface area contributed by atoms with E-state index in [0.717, 1.165) is 15.7 Å². The summed E-state index contributed by atoms with van der Waals surface area (Å²) in [5, 5.41) is 4.06. The maximum Gasteiger partial charge on any atom is 0.0545 e. The number of thioether (sulfide) groups is 1. The van der Waals surface area contributed by atoms with Gasteiger partial charge in [-0.3, -0.25) is 0 Å². The van der Waals surface area contributed by atoms with Crippen LogP contribution in [0.3, 0.4) is 0 Å². The number of nitrogens with one attached hydrogen (secondary N) is 1. The first kappa shape index (κ1) is 15.4. The van der Waals surface area contributed by atoms with Crippen LogP contribution in [0.4, 0.5) is 0 Å². The Labute approximate surface area is 130 Å². The van der Waals surface area contributed by atoms with Crippen LogP contribution in [-0.4, -0.2) is 7.05 Å². The van der Waals surface area contributed by atoms with Crippen molar-refractivity contribution in [2.45, 2.75) is 30.5 Å². The number of rotatable bonds is 5. The van der Waals surface area contributed by atoms with Gasteiger partial charge in [0.05, 0.1) is 5.02 Å². The molecule has 20 heavy (non-hydrogen) atoms. The van der Waals surface area contributed by atoms with Gasteiger partial charge in [0.25, 0.3) is 0 Å². The smallest absolute Gasteiger partial charge is 0.0545 e. The lowest BCUT2D eigenvalue weighted by atomic mass is 10.1. The summed E-state index contributed by atoms with van der Waals surface area (Å²) in [5.74, 6) is 0.947. The predicted octanol–water partition coefficient (Wildman–Crippen LogP) is 5.22. The van der Waals surface area contributed by atoms with Crippen LogP contribution < -0.4 is 5.32 Å². The van der Waals surface area contributed by atoms with Gasteiger partial charge in [-0.1, -0.05) is 47.5 Å². The van der Waals surface area contributed by atoms with Gasteiger partial charge in [-0.15, -0.1) is 11.8 Å². The molecule has 0 aliphatic carbocycles. The number of halogens is 1. The average molecular weight is 306 g/mol. The summed E-state index contributed by atoms with van der Waals surface area (Å²) in [4.78, 5) is 1.14. The number of aryl methyl sites for hydroxylation is 1. The molecule has 1 unspecified atom stereocenters. The highest BCUT2D eigenvalue weighted by atomic mass is 35.5. The molecule has 0 aliphatic heterocycles. The standard InChI is InChI=1S/C17H20ClNS/c1-12-5-4-6-14(9-12)11-20-17-8-7-15(10-16(17)18)13(2)19-3/h4-10,13,19H,11H2,1-3H3. The van der Waals surface area contributed by atoms with Crippen LogP contribution in [-0.2, 0) is 5.75 Å². The molecule has 0 aliphatic rings. The largest absolute Gasteiger partial charge is 0.313 e. The minimum atomic E-state index is 0.323. The molecule has 0 heterocycles. The van der Waals surface area contributed by atoms with Gasteiger partial charge in [-0.05, 0) is 44.2 Å². The van der Waals surface area contributed by atoms with E-state index in [4.69, 9.17) is 11.6 Å². The summed E-state index contributed by atoms with van der Waals surface area (Å²) in [6.07, 6.45) is 0. The second-order valence-corrected chi connectivity index (χ2v) is 6.40. The molecule has 0 amide bonds. The molecule has 0 saturated heterocycles. The Bertz CT molecular complexity index is 583. The Morgan fingerprint density at radius 3 is 2.65 bits per heavy atom. The maximum atomic E-state index is 6.38. The van der Waals surface area contributed by atoms with E-state index in [0.29, 0.717) is 6.04 Å². The Morgan fingerprint density at radius 1 is 1.20 bits per heavy atom.